The third kappa shape index (κ3) is 3.82. The quantitative estimate of drug-likeness (QED) is 0.637. The molecule has 2 aliphatic rings. The van der Waals surface area contributed by atoms with E-state index in [-0.39, 0.29) is 11.5 Å². The van der Waals surface area contributed by atoms with Gasteiger partial charge in [0.25, 0.3) is 0 Å². The van der Waals surface area contributed by atoms with Crippen LogP contribution in [0.25, 0.3) is 11.2 Å². The van der Waals surface area contributed by atoms with Crippen molar-refractivity contribution in [2.75, 3.05) is 42.6 Å². The fourth-order valence-electron chi connectivity index (χ4n) is 4.38. The van der Waals surface area contributed by atoms with E-state index in [0.29, 0.717) is 24.7 Å². The van der Waals surface area contributed by atoms with Gasteiger partial charge in [-0.15, -0.1) is 0 Å². The monoisotopic (exact) mass is 422 g/mol. The molecule has 164 valence electrons. The lowest BCUT2D eigenvalue weighted by Gasteiger charge is -2.33. The first kappa shape index (κ1) is 20.1. The highest BCUT2D eigenvalue weighted by atomic mass is 16.5. The average molecular weight is 423 g/mol. The third-order valence-corrected chi connectivity index (χ3v) is 6.33. The Bertz CT molecular complexity index is 1120. The highest BCUT2D eigenvalue weighted by molar-refractivity contribution is 5.84. The molecule has 0 unspecified atom stereocenters. The number of aryl methyl sites for hydroxylation is 3. The lowest BCUT2D eigenvalue weighted by atomic mass is 9.93. The van der Waals surface area contributed by atoms with Gasteiger partial charge in [-0.2, -0.15) is 15.1 Å². The van der Waals surface area contributed by atoms with Crippen molar-refractivity contribution in [1.82, 2.24) is 29.7 Å². The molecule has 9 heteroatoms. The molecule has 0 aliphatic carbocycles. The molecule has 3 aromatic heterocycles. The lowest BCUT2D eigenvalue weighted by molar-refractivity contribution is 0.0392. The minimum absolute atomic E-state index is 0.0539. The molecule has 0 spiro atoms. The van der Waals surface area contributed by atoms with Crippen molar-refractivity contribution >= 4 is 22.9 Å². The Morgan fingerprint density at radius 2 is 1.84 bits per heavy atom. The van der Waals surface area contributed by atoms with Crippen LogP contribution in [0.5, 0.6) is 0 Å². The summed E-state index contributed by atoms with van der Waals surface area (Å²) in [5.74, 6) is 1.59. The van der Waals surface area contributed by atoms with Gasteiger partial charge >= 0.3 is 0 Å². The number of ether oxygens (including phenoxy) is 1. The van der Waals surface area contributed by atoms with Crippen LogP contribution in [0.3, 0.4) is 0 Å². The van der Waals surface area contributed by atoms with E-state index in [2.05, 4.69) is 28.7 Å². The fourth-order valence-corrected chi connectivity index (χ4v) is 4.38. The van der Waals surface area contributed by atoms with E-state index in [1.807, 2.05) is 33.3 Å². The number of morpholine rings is 1. The Labute approximate surface area is 182 Å². The van der Waals surface area contributed by atoms with Crippen molar-refractivity contribution in [2.24, 2.45) is 12.5 Å². The Kier molecular flexibility index (Phi) is 4.80. The van der Waals surface area contributed by atoms with Crippen LogP contribution in [0.1, 0.15) is 43.3 Å². The van der Waals surface area contributed by atoms with Gasteiger partial charge in [0.1, 0.15) is 6.10 Å². The first-order valence-electron chi connectivity index (χ1n) is 10.9. The van der Waals surface area contributed by atoms with E-state index in [1.165, 1.54) is 0 Å². The summed E-state index contributed by atoms with van der Waals surface area (Å²) in [5.41, 5.74) is 4.61. The molecule has 3 aromatic rings. The highest BCUT2D eigenvalue weighted by Gasteiger charge is 2.33. The summed E-state index contributed by atoms with van der Waals surface area (Å²) < 4.78 is 7.82. The van der Waals surface area contributed by atoms with Crippen molar-refractivity contribution in [2.45, 2.75) is 40.2 Å². The van der Waals surface area contributed by atoms with Crippen molar-refractivity contribution in [3.8, 4) is 0 Å². The van der Waals surface area contributed by atoms with Gasteiger partial charge < -0.3 is 14.5 Å². The summed E-state index contributed by atoms with van der Waals surface area (Å²) in [6.45, 7) is 12.5. The molecule has 0 amide bonds. The topological polar surface area (TPSA) is 85.1 Å². The van der Waals surface area contributed by atoms with Gasteiger partial charge in [0.05, 0.1) is 30.7 Å². The molecule has 31 heavy (non-hydrogen) atoms. The summed E-state index contributed by atoms with van der Waals surface area (Å²) in [6.07, 6.45) is 4.95. The van der Waals surface area contributed by atoms with Crippen molar-refractivity contribution in [1.29, 1.82) is 0 Å². The molecule has 0 radical (unpaired) electrons. The third-order valence-electron chi connectivity index (χ3n) is 6.33. The molecule has 0 aromatic carbocycles. The SMILES string of the molecule is Cc1nc2nc(N3CCO[C@@H](c4cnn(C)c4)C3)nc(N3CCC(C)(C)C3)c2nc1C. The second kappa shape index (κ2) is 7.40. The first-order chi connectivity index (χ1) is 14.8. The largest absolute Gasteiger partial charge is 0.370 e. The van der Waals surface area contributed by atoms with Gasteiger partial charge in [-0.25, -0.2) is 9.97 Å². The molecule has 1 atom stereocenters. The zero-order valence-corrected chi connectivity index (χ0v) is 19.0. The number of hydrogen-bond acceptors (Lipinski definition) is 8. The molecule has 0 bridgehead atoms. The zero-order valence-electron chi connectivity index (χ0n) is 19.0. The second-order valence-corrected chi connectivity index (χ2v) is 9.50. The number of nitrogens with zero attached hydrogens (tertiary/aromatic N) is 8. The molecule has 5 heterocycles. The van der Waals surface area contributed by atoms with Gasteiger partial charge in [0, 0.05) is 38.4 Å². The van der Waals surface area contributed by atoms with Gasteiger partial charge in [0.15, 0.2) is 17.0 Å². The Morgan fingerprint density at radius 3 is 2.55 bits per heavy atom. The van der Waals surface area contributed by atoms with Crippen LogP contribution in [-0.2, 0) is 11.8 Å². The molecule has 2 aliphatic heterocycles. The second-order valence-electron chi connectivity index (χ2n) is 9.50. The average Bonchev–Trinajstić information content (AvgIpc) is 3.33. The predicted molar refractivity (Wildman–Crippen MR) is 119 cm³/mol. The highest BCUT2D eigenvalue weighted by Crippen LogP contribution is 2.35. The van der Waals surface area contributed by atoms with E-state index in [9.17, 15) is 0 Å². The van der Waals surface area contributed by atoms with Crippen LogP contribution in [0.4, 0.5) is 11.8 Å². The summed E-state index contributed by atoms with van der Waals surface area (Å²) >= 11 is 0. The molecule has 2 saturated heterocycles. The molecule has 0 saturated carbocycles. The van der Waals surface area contributed by atoms with E-state index >= 15 is 0 Å². The maximum atomic E-state index is 6.02. The number of fused-ring (bicyclic) bond motifs is 1. The maximum Gasteiger partial charge on any atom is 0.229 e. The minimum Gasteiger partial charge on any atom is -0.370 e. The minimum atomic E-state index is -0.0539. The Hall–Kier alpha value is -2.81. The molecular formula is C22H30N8O. The van der Waals surface area contributed by atoms with Crippen LogP contribution in [0.15, 0.2) is 12.4 Å². The molecule has 0 N–H and O–H groups in total. The van der Waals surface area contributed by atoms with Crippen molar-refractivity contribution in [3.63, 3.8) is 0 Å². The van der Waals surface area contributed by atoms with Gasteiger partial charge in [-0.1, -0.05) is 13.8 Å². The van der Waals surface area contributed by atoms with Crippen molar-refractivity contribution < 1.29 is 4.74 Å². The van der Waals surface area contributed by atoms with E-state index < -0.39 is 0 Å². The first-order valence-corrected chi connectivity index (χ1v) is 10.9. The van der Waals surface area contributed by atoms with E-state index in [1.54, 1.807) is 4.68 Å². The van der Waals surface area contributed by atoms with Crippen LogP contribution in [0, 0.1) is 19.3 Å². The van der Waals surface area contributed by atoms with Gasteiger partial charge in [0.2, 0.25) is 5.95 Å². The van der Waals surface area contributed by atoms with Crippen LogP contribution in [-0.4, -0.2) is 62.5 Å². The Balaban J connectivity index is 1.55. The standard InChI is InChI=1S/C22H30N8O/c1-14-15(2)25-19-18(24-14)20(30-7-6-22(3,4)13-30)27-21(26-19)29-8-9-31-17(12-29)16-10-23-28(5)11-16/h10-11,17H,6-9,12-13H2,1-5H3/t17-/m1/s1. The summed E-state index contributed by atoms with van der Waals surface area (Å²) in [7, 11) is 1.92. The van der Waals surface area contributed by atoms with Crippen LogP contribution in [0.2, 0.25) is 0 Å². The summed E-state index contributed by atoms with van der Waals surface area (Å²) in [4.78, 5) is 24.0. The summed E-state index contributed by atoms with van der Waals surface area (Å²) in [5, 5.41) is 4.29. The molecule has 5 rings (SSSR count). The fraction of sp³-hybridized carbons (Fsp3) is 0.591. The number of hydrogen-bond donors (Lipinski definition) is 0. The van der Waals surface area contributed by atoms with E-state index in [0.717, 1.165) is 54.3 Å². The van der Waals surface area contributed by atoms with Crippen LogP contribution >= 0.6 is 0 Å². The molecular weight excluding hydrogens is 392 g/mol. The number of anilines is 2. The molecule has 2 fully saturated rings. The normalized spacial score (nSPS) is 21.3. The summed E-state index contributed by atoms with van der Waals surface area (Å²) in [6, 6.07) is 0. The zero-order chi connectivity index (χ0) is 21.8. The maximum absolute atomic E-state index is 6.02. The van der Waals surface area contributed by atoms with Gasteiger partial charge in [-0.05, 0) is 25.7 Å². The lowest BCUT2D eigenvalue weighted by Crippen LogP contribution is -2.39. The number of aromatic nitrogens is 6. The number of rotatable bonds is 3. The Morgan fingerprint density at radius 1 is 1.03 bits per heavy atom. The smallest absolute Gasteiger partial charge is 0.229 e. The van der Waals surface area contributed by atoms with Gasteiger partial charge in [-0.3, -0.25) is 4.68 Å². The van der Waals surface area contributed by atoms with E-state index in [4.69, 9.17) is 24.7 Å². The molecule has 9 nitrogen and oxygen atoms in total. The predicted octanol–water partition coefficient (Wildman–Crippen LogP) is 2.58. The van der Waals surface area contributed by atoms with Crippen molar-refractivity contribution in [3.05, 3.63) is 29.3 Å². The van der Waals surface area contributed by atoms with Crippen LogP contribution < -0.4 is 9.80 Å².